The first-order chi connectivity index (χ1) is 9.20. The Morgan fingerprint density at radius 2 is 2.26 bits per heavy atom. The molecule has 0 atom stereocenters. The molecule has 2 rings (SSSR count). The predicted molar refractivity (Wildman–Crippen MR) is 77.5 cm³/mol. The lowest BCUT2D eigenvalue weighted by molar-refractivity contribution is 0.318. The van der Waals surface area contributed by atoms with Crippen LogP contribution < -0.4 is 10.5 Å². The number of halogens is 1. The molecule has 0 aliphatic carbocycles. The van der Waals surface area contributed by atoms with E-state index >= 15 is 0 Å². The van der Waals surface area contributed by atoms with Crippen molar-refractivity contribution in [3.05, 3.63) is 51.2 Å². The normalized spacial score (nSPS) is 11.5. The van der Waals surface area contributed by atoms with Crippen LogP contribution in [0.15, 0.2) is 40.9 Å². The Bertz CT molecular complexity index is 570. The molecule has 1 aromatic carbocycles. The molecule has 1 heterocycles. The third-order valence-electron chi connectivity index (χ3n) is 2.52. The van der Waals surface area contributed by atoms with E-state index in [1.165, 1.54) is 4.88 Å². The van der Waals surface area contributed by atoms with E-state index in [9.17, 15) is 0 Å². The quantitative estimate of drug-likeness (QED) is 0.385. The third kappa shape index (κ3) is 3.62. The zero-order valence-corrected chi connectivity index (χ0v) is 11.6. The molecule has 1 aromatic heterocycles. The summed E-state index contributed by atoms with van der Waals surface area (Å²) in [5, 5.41) is 14.0. The van der Waals surface area contributed by atoms with Crippen LogP contribution in [0.4, 0.5) is 0 Å². The number of nitrogens with zero attached hydrogens (tertiary/aromatic N) is 1. The van der Waals surface area contributed by atoms with Gasteiger partial charge in [0.1, 0.15) is 5.75 Å². The Morgan fingerprint density at radius 3 is 2.89 bits per heavy atom. The molecule has 2 aromatic rings. The number of ether oxygens (including phenoxy) is 1. The van der Waals surface area contributed by atoms with E-state index in [1.54, 1.807) is 29.5 Å². The monoisotopic (exact) mass is 296 g/mol. The first kappa shape index (κ1) is 13.7. The maximum Gasteiger partial charge on any atom is 0.171 e. The number of benzene rings is 1. The Balaban J connectivity index is 1.96. The molecule has 4 nitrogen and oxygen atoms in total. The molecular formula is C13H13ClN2O2S. The molecule has 0 spiro atoms. The lowest BCUT2D eigenvalue weighted by Gasteiger charge is -2.08. The number of hydrogen-bond acceptors (Lipinski definition) is 4. The first-order valence-electron chi connectivity index (χ1n) is 5.63. The van der Waals surface area contributed by atoms with Crippen molar-refractivity contribution >= 4 is 28.8 Å². The highest BCUT2D eigenvalue weighted by Crippen LogP contribution is 2.22. The van der Waals surface area contributed by atoms with E-state index in [-0.39, 0.29) is 5.84 Å². The molecule has 0 aliphatic heterocycles. The van der Waals surface area contributed by atoms with Crippen LogP contribution in [0.3, 0.4) is 0 Å². The van der Waals surface area contributed by atoms with Crippen molar-refractivity contribution < 1.29 is 9.94 Å². The third-order valence-corrected chi connectivity index (χ3v) is 3.77. The predicted octanol–water partition coefficient (Wildman–Crippen LogP) is 3.12. The van der Waals surface area contributed by atoms with Gasteiger partial charge in [-0.15, -0.1) is 11.3 Å². The van der Waals surface area contributed by atoms with Crippen LogP contribution in [0.1, 0.15) is 10.4 Å². The lowest BCUT2D eigenvalue weighted by Crippen LogP contribution is -2.13. The zero-order valence-electron chi connectivity index (χ0n) is 10.0. The summed E-state index contributed by atoms with van der Waals surface area (Å²) < 4.78 is 5.61. The van der Waals surface area contributed by atoms with E-state index in [1.807, 2.05) is 11.4 Å². The van der Waals surface area contributed by atoms with Gasteiger partial charge >= 0.3 is 0 Å². The fourth-order valence-corrected chi connectivity index (χ4v) is 2.53. The molecule has 0 fully saturated rings. The maximum atomic E-state index is 8.60. The number of thiophene rings is 1. The SMILES string of the molecule is NC(=NO)c1ccc(OCCc2cccs2)cc1Cl. The minimum atomic E-state index is -0.0184. The van der Waals surface area contributed by atoms with Crippen molar-refractivity contribution in [2.75, 3.05) is 6.61 Å². The van der Waals surface area contributed by atoms with Crippen molar-refractivity contribution in [3.63, 3.8) is 0 Å². The summed E-state index contributed by atoms with van der Waals surface area (Å²) in [6.45, 7) is 0.583. The van der Waals surface area contributed by atoms with Gasteiger partial charge in [0.05, 0.1) is 11.6 Å². The van der Waals surface area contributed by atoms with Gasteiger partial charge in [0.25, 0.3) is 0 Å². The highest BCUT2D eigenvalue weighted by molar-refractivity contribution is 7.09. The zero-order chi connectivity index (χ0) is 13.7. The van der Waals surface area contributed by atoms with Crippen LogP contribution in [0.2, 0.25) is 5.02 Å². The average Bonchev–Trinajstić information content (AvgIpc) is 2.91. The molecule has 19 heavy (non-hydrogen) atoms. The van der Waals surface area contributed by atoms with Crippen LogP contribution >= 0.6 is 22.9 Å². The van der Waals surface area contributed by atoms with Gasteiger partial charge in [-0.2, -0.15) is 0 Å². The van der Waals surface area contributed by atoms with Gasteiger partial charge in [-0.25, -0.2) is 0 Å². The molecule has 0 bridgehead atoms. The van der Waals surface area contributed by atoms with Crippen molar-refractivity contribution in [3.8, 4) is 5.75 Å². The summed E-state index contributed by atoms with van der Waals surface area (Å²) in [5.74, 6) is 0.645. The van der Waals surface area contributed by atoms with Crippen LogP contribution in [-0.4, -0.2) is 17.6 Å². The van der Waals surface area contributed by atoms with Crippen molar-refractivity contribution in [1.82, 2.24) is 0 Å². The van der Waals surface area contributed by atoms with Gasteiger partial charge in [-0.1, -0.05) is 22.8 Å². The number of hydrogen-bond donors (Lipinski definition) is 2. The van der Waals surface area contributed by atoms with Gasteiger partial charge in [0.15, 0.2) is 5.84 Å². The standard InChI is InChI=1S/C13H13ClN2O2S/c14-12-8-9(3-4-11(12)13(15)16-17)18-6-5-10-2-1-7-19-10/h1-4,7-8,17H,5-6H2,(H2,15,16). The topological polar surface area (TPSA) is 67.8 Å². The van der Waals surface area contributed by atoms with E-state index in [4.69, 9.17) is 27.3 Å². The van der Waals surface area contributed by atoms with Gasteiger partial charge in [-0.05, 0) is 29.6 Å². The lowest BCUT2D eigenvalue weighted by atomic mass is 10.2. The fraction of sp³-hybridized carbons (Fsp3) is 0.154. The van der Waals surface area contributed by atoms with Crippen LogP contribution in [-0.2, 0) is 6.42 Å². The molecule has 0 saturated carbocycles. The van der Waals surface area contributed by atoms with Gasteiger partial charge in [0.2, 0.25) is 0 Å². The first-order valence-corrected chi connectivity index (χ1v) is 6.89. The molecule has 3 N–H and O–H groups in total. The molecule has 0 saturated heterocycles. The minimum absolute atomic E-state index is 0.0184. The summed E-state index contributed by atoms with van der Waals surface area (Å²) in [7, 11) is 0. The van der Waals surface area contributed by atoms with Crippen molar-refractivity contribution in [2.45, 2.75) is 6.42 Å². The Kier molecular flexibility index (Phi) is 4.65. The number of nitrogens with two attached hydrogens (primary N) is 1. The maximum absolute atomic E-state index is 8.60. The largest absolute Gasteiger partial charge is 0.493 e. The number of amidine groups is 1. The molecule has 100 valence electrons. The number of oxime groups is 1. The smallest absolute Gasteiger partial charge is 0.171 e. The molecular weight excluding hydrogens is 284 g/mol. The Labute approximate surface area is 120 Å². The highest BCUT2D eigenvalue weighted by Gasteiger charge is 2.07. The minimum Gasteiger partial charge on any atom is -0.493 e. The van der Waals surface area contributed by atoms with Gasteiger partial charge in [0, 0.05) is 16.9 Å². The fourth-order valence-electron chi connectivity index (χ4n) is 1.57. The summed E-state index contributed by atoms with van der Waals surface area (Å²) in [6.07, 6.45) is 0.858. The van der Waals surface area contributed by atoms with Gasteiger partial charge in [-0.3, -0.25) is 0 Å². The summed E-state index contributed by atoms with van der Waals surface area (Å²) in [5.41, 5.74) is 5.97. The van der Waals surface area contributed by atoms with Crippen molar-refractivity contribution in [1.29, 1.82) is 0 Å². The second kappa shape index (κ2) is 6.45. The Morgan fingerprint density at radius 1 is 1.42 bits per heavy atom. The molecule has 0 unspecified atom stereocenters. The molecule has 0 amide bonds. The summed E-state index contributed by atoms with van der Waals surface area (Å²) >= 11 is 7.74. The Hall–Kier alpha value is -1.72. The summed E-state index contributed by atoms with van der Waals surface area (Å²) in [6, 6.07) is 9.15. The second-order valence-electron chi connectivity index (χ2n) is 3.80. The van der Waals surface area contributed by atoms with Crippen LogP contribution in [0, 0.1) is 0 Å². The van der Waals surface area contributed by atoms with Crippen LogP contribution in [0.25, 0.3) is 0 Å². The van der Waals surface area contributed by atoms with Crippen molar-refractivity contribution in [2.24, 2.45) is 10.9 Å². The van der Waals surface area contributed by atoms with E-state index in [0.29, 0.717) is 22.9 Å². The molecule has 0 aliphatic rings. The number of rotatable bonds is 5. The molecule has 0 radical (unpaired) electrons. The van der Waals surface area contributed by atoms with E-state index in [2.05, 4.69) is 11.2 Å². The van der Waals surface area contributed by atoms with E-state index in [0.717, 1.165) is 6.42 Å². The van der Waals surface area contributed by atoms with Gasteiger partial charge < -0.3 is 15.7 Å². The highest BCUT2D eigenvalue weighted by atomic mass is 35.5. The average molecular weight is 297 g/mol. The second-order valence-corrected chi connectivity index (χ2v) is 5.24. The molecule has 6 heteroatoms. The van der Waals surface area contributed by atoms with E-state index < -0.39 is 0 Å². The van der Waals surface area contributed by atoms with Crippen LogP contribution in [0.5, 0.6) is 5.75 Å². The summed E-state index contributed by atoms with van der Waals surface area (Å²) in [4.78, 5) is 1.28.